The van der Waals surface area contributed by atoms with Crippen LogP contribution in [0.1, 0.15) is 0 Å². The molecule has 2 aliphatic heterocycles. The molecule has 9 nitrogen and oxygen atoms in total. The van der Waals surface area contributed by atoms with E-state index in [0.717, 1.165) is 0 Å². The van der Waals surface area contributed by atoms with Crippen LogP contribution in [-0.2, 0) is 14.3 Å². The fourth-order valence-corrected chi connectivity index (χ4v) is 2.53. The zero-order chi connectivity index (χ0) is 17.8. The van der Waals surface area contributed by atoms with E-state index in [-0.39, 0.29) is 13.1 Å². The predicted molar refractivity (Wildman–Crippen MR) is 86.2 cm³/mol. The Morgan fingerprint density at radius 1 is 1.52 bits per heavy atom. The monoisotopic (exact) mass is 352 g/mol. The van der Waals surface area contributed by atoms with Crippen LogP contribution in [0.25, 0.3) is 0 Å². The Balaban J connectivity index is 1.68. The first kappa shape index (κ1) is 16.8. The van der Waals surface area contributed by atoms with E-state index in [1.165, 1.54) is 24.4 Å². The molecule has 3 rings (SSSR count). The van der Waals surface area contributed by atoms with Gasteiger partial charge in [0.15, 0.2) is 0 Å². The highest BCUT2D eigenvalue weighted by Crippen LogP contribution is 2.27. The van der Waals surface area contributed by atoms with Gasteiger partial charge in [0.1, 0.15) is 24.9 Å². The fourth-order valence-electron chi connectivity index (χ4n) is 2.53. The number of alkyl carbamates (subject to hydrolysis) is 1. The molecule has 1 saturated heterocycles. The number of carbonyl (C=O) groups is 2. The zero-order valence-corrected chi connectivity index (χ0v) is 13.5. The minimum atomic E-state index is -0.614. The summed E-state index contributed by atoms with van der Waals surface area (Å²) in [6.45, 7) is 1.15. The summed E-state index contributed by atoms with van der Waals surface area (Å²) in [7, 11) is 1.24. The van der Waals surface area contributed by atoms with Crippen molar-refractivity contribution >= 4 is 29.9 Å². The second-order valence-electron chi connectivity index (χ2n) is 5.37. The van der Waals surface area contributed by atoms with Gasteiger partial charge in [0.05, 0.1) is 38.1 Å². The van der Waals surface area contributed by atoms with Crippen LogP contribution in [0, 0.1) is 5.82 Å². The van der Waals surface area contributed by atoms with Crippen molar-refractivity contribution in [2.75, 3.05) is 43.2 Å². The minimum absolute atomic E-state index is 0.111. The number of hydrogen-bond donors (Lipinski definition) is 1. The summed E-state index contributed by atoms with van der Waals surface area (Å²) in [5.41, 5.74) is 0.712. The Kier molecular flexibility index (Phi) is 4.87. The number of carbonyl (C=O) groups excluding carboxylic acids is 2. The number of hydrogen-bond acceptors (Lipinski definition) is 7. The number of cyclic esters (lactones) is 1. The molecule has 134 valence electrons. The molecule has 2 amide bonds. The molecule has 0 unspecified atom stereocenters. The Hall–Kier alpha value is -3.04. The second-order valence-corrected chi connectivity index (χ2v) is 5.37. The van der Waals surface area contributed by atoms with Gasteiger partial charge in [-0.25, -0.2) is 14.0 Å². The smallest absolute Gasteiger partial charge is 0.414 e. The average Bonchev–Trinajstić information content (AvgIpc) is 3.01. The first-order valence-corrected chi connectivity index (χ1v) is 7.60. The van der Waals surface area contributed by atoms with E-state index >= 15 is 0 Å². The van der Waals surface area contributed by atoms with Crippen molar-refractivity contribution in [2.24, 2.45) is 5.16 Å². The maximum absolute atomic E-state index is 14.4. The molecule has 1 atom stereocenters. The van der Waals surface area contributed by atoms with E-state index in [0.29, 0.717) is 24.5 Å². The molecule has 10 heteroatoms. The molecule has 0 spiro atoms. The van der Waals surface area contributed by atoms with Crippen molar-refractivity contribution in [3.8, 4) is 0 Å². The molecule has 2 heterocycles. The quantitative estimate of drug-likeness (QED) is 0.878. The number of halogens is 1. The lowest BCUT2D eigenvalue weighted by molar-refractivity contribution is 0.132. The van der Waals surface area contributed by atoms with Gasteiger partial charge in [0, 0.05) is 0 Å². The number of ether oxygens (including phenoxy) is 2. The van der Waals surface area contributed by atoms with Gasteiger partial charge in [-0.05, 0) is 18.2 Å². The number of amides is 2. The Bertz CT molecular complexity index is 698. The number of oxime groups is 1. The SMILES string of the molecule is COC(=O)NC[C@H]1CN(c2ccc(N3C=NOCC3)c(F)c2)C(=O)O1. The van der Waals surface area contributed by atoms with Gasteiger partial charge in [-0.2, -0.15) is 0 Å². The van der Waals surface area contributed by atoms with E-state index in [2.05, 4.69) is 15.2 Å². The van der Waals surface area contributed by atoms with E-state index in [9.17, 15) is 14.0 Å². The van der Waals surface area contributed by atoms with Crippen molar-refractivity contribution in [2.45, 2.75) is 6.10 Å². The van der Waals surface area contributed by atoms with Crippen LogP contribution in [0.3, 0.4) is 0 Å². The highest BCUT2D eigenvalue weighted by Gasteiger charge is 2.33. The third kappa shape index (κ3) is 3.73. The molecule has 0 aliphatic carbocycles. The van der Waals surface area contributed by atoms with Gasteiger partial charge in [-0.15, -0.1) is 0 Å². The molecule has 0 saturated carbocycles. The van der Waals surface area contributed by atoms with Crippen LogP contribution in [0.2, 0.25) is 0 Å². The van der Waals surface area contributed by atoms with Crippen LogP contribution in [0.15, 0.2) is 23.4 Å². The number of rotatable bonds is 4. The summed E-state index contributed by atoms with van der Waals surface area (Å²) in [6.07, 6.45) is -0.352. The number of anilines is 2. The van der Waals surface area contributed by atoms with Crippen LogP contribution in [-0.4, -0.2) is 58.0 Å². The van der Waals surface area contributed by atoms with Gasteiger partial charge < -0.3 is 24.5 Å². The lowest BCUT2D eigenvalue weighted by Crippen LogP contribution is -2.34. The Morgan fingerprint density at radius 2 is 2.36 bits per heavy atom. The van der Waals surface area contributed by atoms with Crippen molar-refractivity contribution in [1.29, 1.82) is 0 Å². The van der Waals surface area contributed by atoms with E-state index in [1.54, 1.807) is 17.0 Å². The predicted octanol–water partition coefficient (Wildman–Crippen LogP) is 1.29. The molecular formula is C15H17FN4O5. The molecule has 0 bridgehead atoms. The van der Waals surface area contributed by atoms with E-state index in [1.807, 2.05) is 0 Å². The zero-order valence-electron chi connectivity index (χ0n) is 13.5. The lowest BCUT2D eigenvalue weighted by atomic mass is 10.2. The van der Waals surface area contributed by atoms with Gasteiger partial charge in [0.2, 0.25) is 0 Å². The standard InChI is InChI=1S/C15H17FN4O5/c1-23-14(21)17-7-11-8-20(15(22)25-11)10-2-3-13(12(16)6-10)19-4-5-24-18-9-19/h2-3,6,9,11H,4-5,7-8H2,1H3,(H,17,21)/t11-/m0/s1. The topological polar surface area (TPSA) is 92.7 Å². The molecule has 1 aromatic carbocycles. The summed E-state index contributed by atoms with van der Waals surface area (Å²) < 4.78 is 24.0. The molecule has 0 aromatic heterocycles. The largest absolute Gasteiger partial charge is 0.453 e. The van der Waals surface area contributed by atoms with E-state index < -0.39 is 24.1 Å². The Labute approximate surface area is 142 Å². The van der Waals surface area contributed by atoms with Crippen molar-refractivity contribution < 1.29 is 28.3 Å². The second kappa shape index (κ2) is 7.24. The maximum atomic E-state index is 14.4. The normalized spacial score (nSPS) is 19.4. The highest BCUT2D eigenvalue weighted by atomic mass is 19.1. The molecule has 1 N–H and O–H groups in total. The van der Waals surface area contributed by atoms with Crippen molar-refractivity contribution in [1.82, 2.24) is 5.32 Å². The average molecular weight is 352 g/mol. The third-order valence-electron chi connectivity index (χ3n) is 3.77. The lowest BCUT2D eigenvalue weighted by Gasteiger charge is -2.23. The van der Waals surface area contributed by atoms with Crippen LogP contribution in [0.4, 0.5) is 25.4 Å². The van der Waals surface area contributed by atoms with Gasteiger partial charge in [-0.1, -0.05) is 5.16 Å². The molecule has 2 aliphatic rings. The van der Waals surface area contributed by atoms with E-state index in [4.69, 9.17) is 9.57 Å². The van der Waals surface area contributed by atoms with Crippen LogP contribution >= 0.6 is 0 Å². The molecule has 1 fully saturated rings. The number of nitrogens with zero attached hydrogens (tertiary/aromatic N) is 3. The molecule has 25 heavy (non-hydrogen) atoms. The molecular weight excluding hydrogens is 335 g/mol. The molecule has 0 radical (unpaired) electrons. The number of methoxy groups -OCH3 is 1. The number of benzene rings is 1. The highest BCUT2D eigenvalue weighted by molar-refractivity contribution is 5.90. The minimum Gasteiger partial charge on any atom is -0.453 e. The fraction of sp³-hybridized carbons (Fsp3) is 0.400. The van der Waals surface area contributed by atoms with Gasteiger partial charge >= 0.3 is 12.2 Å². The first-order valence-electron chi connectivity index (χ1n) is 7.60. The first-order chi connectivity index (χ1) is 12.1. The van der Waals surface area contributed by atoms with Crippen molar-refractivity contribution in [3.05, 3.63) is 24.0 Å². The Morgan fingerprint density at radius 3 is 3.04 bits per heavy atom. The summed E-state index contributed by atoms with van der Waals surface area (Å²) >= 11 is 0. The van der Waals surface area contributed by atoms with Crippen LogP contribution < -0.4 is 15.1 Å². The van der Waals surface area contributed by atoms with Crippen LogP contribution in [0.5, 0.6) is 0 Å². The van der Waals surface area contributed by atoms with Crippen molar-refractivity contribution in [3.63, 3.8) is 0 Å². The summed E-state index contributed by atoms with van der Waals surface area (Å²) in [6, 6.07) is 4.45. The third-order valence-corrected chi connectivity index (χ3v) is 3.77. The summed E-state index contributed by atoms with van der Waals surface area (Å²) in [5, 5.41) is 6.10. The van der Waals surface area contributed by atoms with Gasteiger partial charge in [0.25, 0.3) is 0 Å². The number of nitrogens with one attached hydrogen (secondary N) is 1. The maximum Gasteiger partial charge on any atom is 0.414 e. The molecule has 1 aromatic rings. The van der Waals surface area contributed by atoms with Gasteiger partial charge in [-0.3, -0.25) is 4.90 Å². The summed E-state index contributed by atoms with van der Waals surface area (Å²) in [4.78, 5) is 30.8. The summed E-state index contributed by atoms with van der Waals surface area (Å²) in [5.74, 6) is -0.491.